The molecule has 0 saturated carbocycles. The summed E-state index contributed by atoms with van der Waals surface area (Å²) in [6.07, 6.45) is 0. The molecule has 0 amide bonds. The van der Waals surface area contributed by atoms with Gasteiger partial charge in [-0.15, -0.1) is 22.7 Å². The first-order valence-corrected chi connectivity index (χ1v) is 20.2. The molecule has 0 fully saturated rings. The van der Waals surface area contributed by atoms with Crippen LogP contribution in [-0.4, -0.2) is 19.9 Å². The molecule has 0 aliphatic rings. The molecule has 6 heteroatoms. The van der Waals surface area contributed by atoms with Crippen molar-refractivity contribution >= 4 is 63.8 Å². The summed E-state index contributed by atoms with van der Waals surface area (Å²) in [4.78, 5) is 20.5. The van der Waals surface area contributed by atoms with Gasteiger partial charge in [0.2, 0.25) is 0 Å². The van der Waals surface area contributed by atoms with Gasteiger partial charge in [0.05, 0.1) is 10.2 Å². The van der Waals surface area contributed by atoms with Gasteiger partial charge in [-0.3, -0.25) is 0 Å². The minimum atomic E-state index is 0.634. The van der Waals surface area contributed by atoms with Crippen molar-refractivity contribution in [2.45, 2.75) is 0 Å². The van der Waals surface area contributed by atoms with Crippen LogP contribution in [0.25, 0.3) is 108 Å². The number of rotatable bonds is 6. The highest BCUT2D eigenvalue weighted by Gasteiger charge is 2.21. The topological polar surface area (TPSA) is 51.6 Å². The summed E-state index contributed by atoms with van der Waals surface area (Å²) < 4.78 is 3.72. The van der Waals surface area contributed by atoms with E-state index in [-0.39, 0.29) is 0 Å². The largest absolute Gasteiger partial charge is 0.236 e. The predicted octanol–water partition coefficient (Wildman–Crippen LogP) is 14.0. The number of aromatic nitrogens is 4. The number of thiophene rings is 1. The van der Waals surface area contributed by atoms with Gasteiger partial charge >= 0.3 is 0 Å². The Hall–Kier alpha value is -6.86. The van der Waals surface area contributed by atoms with Crippen LogP contribution in [0.3, 0.4) is 0 Å². The molecule has 11 rings (SSSR count). The van der Waals surface area contributed by atoms with E-state index in [1.807, 2.05) is 47.7 Å². The maximum atomic E-state index is 5.21. The average Bonchev–Trinajstić information content (AvgIpc) is 3.87. The molecule has 0 spiro atoms. The van der Waals surface area contributed by atoms with Crippen LogP contribution in [0.5, 0.6) is 0 Å². The molecule has 11 aromatic rings. The van der Waals surface area contributed by atoms with Gasteiger partial charge in [0.15, 0.2) is 17.5 Å². The number of benzene rings is 8. The highest BCUT2D eigenvalue weighted by atomic mass is 32.1. The van der Waals surface area contributed by atoms with Gasteiger partial charge in [0, 0.05) is 48.0 Å². The second kappa shape index (κ2) is 13.5. The Balaban J connectivity index is 1.10. The van der Waals surface area contributed by atoms with Crippen molar-refractivity contribution < 1.29 is 0 Å². The first-order valence-electron chi connectivity index (χ1n) is 18.5. The SMILES string of the molecule is c1ccc(-c2cccc(-c3nc(-c4ccccc4)nc(-c4ccc5c(-c6c7sc(-c8ccccc8)nc7cc7sc8ccccc8c67)cccc5c4)n3)c2)cc1. The Morgan fingerprint density at radius 2 is 0.964 bits per heavy atom. The number of thiazole rings is 1. The number of hydrogen-bond donors (Lipinski definition) is 0. The van der Waals surface area contributed by atoms with E-state index in [9.17, 15) is 0 Å². The summed E-state index contributed by atoms with van der Waals surface area (Å²) in [6.45, 7) is 0. The molecule has 8 aromatic carbocycles. The van der Waals surface area contributed by atoms with Crippen LogP contribution in [0.15, 0.2) is 182 Å². The molecule has 0 aliphatic carbocycles. The molecule has 262 valence electrons. The van der Waals surface area contributed by atoms with Crippen LogP contribution in [0.1, 0.15) is 0 Å². The third-order valence-corrected chi connectivity index (χ3v) is 12.6. The second-order valence-electron chi connectivity index (χ2n) is 13.8. The van der Waals surface area contributed by atoms with Crippen molar-refractivity contribution in [3.05, 3.63) is 182 Å². The fourth-order valence-corrected chi connectivity index (χ4v) is 9.95. The van der Waals surface area contributed by atoms with Gasteiger partial charge in [-0.25, -0.2) is 19.9 Å². The smallest absolute Gasteiger partial charge is 0.164 e. The standard InChI is InChI=1S/C50H30N4S2/c1-4-14-31(15-5-1)34-20-12-22-36(28-34)48-52-47(32-16-6-2-7-17-32)53-49(54-48)37-26-27-38-35(29-37)21-13-24-39(38)45-44-40-23-10-11-25-42(40)55-43(44)30-41-46(45)56-50(51-41)33-18-8-3-9-19-33/h1-30H. The van der Waals surface area contributed by atoms with Crippen molar-refractivity contribution in [1.82, 2.24) is 19.9 Å². The lowest BCUT2D eigenvalue weighted by molar-refractivity contribution is 1.07. The molecule has 0 N–H and O–H groups in total. The van der Waals surface area contributed by atoms with Crippen molar-refractivity contribution in [1.29, 1.82) is 0 Å². The maximum absolute atomic E-state index is 5.21. The lowest BCUT2D eigenvalue weighted by Crippen LogP contribution is -2.00. The minimum Gasteiger partial charge on any atom is -0.236 e. The van der Waals surface area contributed by atoms with Gasteiger partial charge in [0.25, 0.3) is 0 Å². The molecule has 0 aliphatic heterocycles. The predicted molar refractivity (Wildman–Crippen MR) is 236 cm³/mol. The molecule has 56 heavy (non-hydrogen) atoms. The monoisotopic (exact) mass is 750 g/mol. The molecular formula is C50H30N4S2. The first-order chi connectivity index (χ1) is 27.7. The van der Waals surface area contributed by atoms with Gasteiger partial charge < -0.3 is 0 Å². The quantitative estimate of drug-likeness (QED) is 0.170. The Morgan fingerprint density at radius 1 is 0.357 bits per heavy atom. The summed E-state index contributed by atoms with van der Waals surface area (Å²) in [5, 5.41) is 5.87. The molecule has 0 saturated heterocycles. The summed E-state index contributed by atoms with van der Waals surface area (Å²) in [6, 6.07) is 63.8. The van der Waals surface area contributed by atoms with Gasteiger partial charge in [0.1, 0.15) is 5.01 Å². The van der Waals surface area contributed by atoms with Crippen LogP contribution < -0.4 is 0 Å². The van der Waals surface area contributed by atoms with Crippen molar-refractivity contribution in [3.8, 4) is 67.0 Å². The lowest BCUT2D eigenvalue weighted by atomic mass is 9.93. The van der Waals surface area contributed by atoms with E-state index >= 15 is 0 Å². The lowest BCUT2D eigenvalue weighted by Gasteiger charge is -2.13. The van der Waals surface area contributed by atoms with Crippen molar-refractivity contribution in [3.63, 3.8) is 0 Å². The van der Waals surface area contributed by atoms with E-state index in [0.717, 1.165) is 49.3 Å². The summed E-state index contributed by atoms with van der Waals surface area (Å²) >= 11 is 3.61. The molecule has 4 nitrogen and oxygen atoms in total. The van der Waals surface area contributed by atoms with Crippen LogP contribution in [0.2, 0.25) is 0 Å². The molecule has 0 unspecified atom stereocenters. The van der Waals surface area contributed by atoms with E-state index in [1.165, 1.54) is 41.4 Å². The molecular weight excluding hydrogens is 721 g/mol. The first kappa shape index (κ1) is 32.6. The van der Waals surface area contributed by atoms with Gasteiger partial charge in [-0.05, 0) is 51.7 Å². The zero-order chi connectivity index (χ0) is 37.0. The van der Waals surface area contributed by atoms with E-state index < -0.39 is 0 Å². The Kier molecular flexibility index (Phi) is 7.83. The molecule has 3 aromatic heterocycles. The second-order valence-corrected chi connectivity index (χ2v) is 15.9. The molecule has 0 radical (unpaired) electrons. The average molecular weight is 751 g/mol. The van der Waals surface area contributed by atoms with E-state index in [4.69, 9.17) is 19.9 Å². The zero-order valence-electron chi connectivity index (χ0n) is 29.9. The van der Waals surface area contributed by atoms with Crippen molar-refractivity contribution in [2.75, 3.05) is 0 Å². The summed E-state index contributed by atoms with van der Waals surface area (Å²) in [5.41, 5.74) is 9.67. The third kappa shape index (κ3) is 5.66. The Labute approximate surface area is 331 Å². The molecule has 0 atom stereocenters. The van der Waals surface area contributed by atoms with Crippen LogP contribution in [0, 0.1) is 0 Å². The Morgan fingerprint density at radius 3 is 1.73 bits per heavy atom. The van der Waals surface area contributed by atoms with Crippen molar-refractivity contribution in [2.24, 2.45) is 0 Å². The highest BCUT2D eigenvalue weighted by molar-refractivity contribution is 7.26. The number of hydrogen-bond acceptors (Lipinski definition) is 6. The fraction of sp³-hybridized carbons (Fsp3) is 0. The van der Waals surface area contributed by atoms with E-state index in [0.29, 0.717) is 17.5 Å². The van der Waals surface area contributed by atoms with Crippen LogP contribution >= 0.6 is 22.7 Å². The summed E-state index contributed by atoms with van der Waals surface area (Å²) in [7, 11) is 0. The van der Waals surface area contributed by atoms with E-state index in [1.54, 1.807) is 11.3 Å². The third-order valence-electron chi connectivity index (χ3n) is 10.3. The zero-order valence-corrected chi connectivity index (χ0v) is 31.6. The minimum absolute atomic E-state index is 0.634. The summed E-state index contributed by atoms with van der Waals surface area (Å²) in [5.74, 6) is 1.91. The maximum Gasteiger partial charge on any atom is 0.164 e. The van der Waals surface area contributed by atoms with Gasteiger partial charge in [-0.2, -0.15) is 0 Å². The molecule has 3 heterocycles. The normalized spacial score (nSPS) is 11.6. The van der Waals surface area contributed by atoms with Crippen LogP contribution in [0.4, 0.5) is 0 Å². The number of nitrogens with zero attached hydrogens (tertiary/aromatic N) is 4. The Bertz CT molecular complexity index is 3240. The van der Waals surface area contributed by atoms with Gasteiger partial charge in [-0.1, -0.05) is 158 Å². The number of fused-ring (bicyclic) bond motifs is 5. The van der Waals surface area contributed by atoms with Crippen LogP contribution in [-0.2, 0) is 0 Å². The fourth-order valence-electron chi connectivity index (χ4n) is 7.69. The highest BCUT2D eigenvalue weighted by Crippen LogP contribution is 2.48. The van der Waals surface area contributed by atoms with E-state index in [2.05, 4.69) is 146 Å². The molecule has 0 bridgehead atoms.